The van der Waals surface area contributed by atoms with Gasteiger partial charge in [0.05, 0.1) is 12.1 Å². The first-order valence-corrected chi connectivity index (χ1v) is 6.86. The fraction of sp³-hybridized carbons (Fsp3) is 0.600. The molecule has 0 spiro atoms. The molecule has 1 aliphatic rings. The molecule has 2 rings (SSSR count). The topological polar surface area (TPSA) is 33.7 Å². The van der Waals surface area contributed by atoms with E-state index < -0.39 is 0 Å². The highest BCUT2D eigenvalue weighted by atomic mass is 16.5. The van der Waals surface area contributed by atoms with Crippen molar-refractivity contribution in [2.45, 2.75) is 18.5 Å². The van der Waals surface area contributed by atoms with Gasteiger partial charge >= 0.3 is 0 Å². The van der Waals surface area contributed by atoms with Crippen molar-refractivity contribution in [3.05, 3.63) is 29.8 Å². The Morgan fingerprint density at radius 2 is 2.21 bits per heavy atom. The minimum atomic E-state index is 0.317. The van der Waals surface area contributed by atoms with Gasteiger partial charge in [0.15, 0.2) is 0 Å². The first-order valence-electron chi connectivity index (χ1n) is 6.86. The summed E-state index contributed by atoms with van der Waals surface area (Å²) >= 11 is 0. The second-order valence-corrected chi connectivity index (χ2v) is 5.01. The molecule has 0 fully saturated rings. The van der Waals surface area contributed by atoms with Crippen LogP contribution in [0.15, 0.2) is 24.3 Å². The van der Waals surface area contributed by atoms with Gasteiger partial charge in [0.25, 0.3) is 0 Å². The molecule has 0 amide bonds. The number of nitrogens with zero attached hydrogens (tertiary/aromatic N) is 1. The van der Waals surface area contributed by atoms with E-state index in [1.165, 1.54) is 5.56 Å². The molecule has 4 nitrogen and oxygen atoms in total. The van der Waals surface area contributed by atoms with Crippen LogP contribution in [0.4, 0.5) is 0 Å². The molecule has 0 bridgehead atoms. The molecule has 0 saturated carbocycles. The quantitative estimate of drug-likeness (QED) is 0.793. The van der Waals surface area contributed by atoms with Gasteiger partial charge in [0.1, 0.15) is 12.4 Å². The minimum Gasteiger partial charge on any atom is -0.492 e. The first-order chi connectivity index (χ1) is 9.27. The predicted octanol–water partition coefficient (Wildman–Crippen LogP) is 1.68. The summed E-state index contributed by atoms with van der Waals surface area (Å²) in [6, 6.07) is 8.95. The number of ether oxygens (including phenoxy) is 2. The smallest absolute Gasteiger partial charge is 0.124 e. The van der Waals surface area contributed by atoms with E-state index >= 15 is 0 Å². The highest BCUT2D eigenvalue weighted by Crippen LogP contribution is 2.33. The largest absolute Gasteiger partial charge is 0.492 e. The summed E-state index contributed by atoms with van der Waals surface area (Å²) in [5.41, 5.74) is 1.25. The van der Waals surface area contributed by atoms with Crippen molar-refractivity contribution in [2.24, 2.45) is 0 Å². The van der Waals surface area contributed by atoms with Crippen LogP contribution in [-0.4, -0.2) is 51.9 Å². The van der Waals surface area contributed by atoms with Crippen LogP contribution >= 0.6 is 0 Å². The second kappa shape index (κ2) is 6.89. The Morgan fingerprint density at radius 3 is 2.95 bits per heavy atom. The summed E-state index contributed by atoms with van der Waals surface area (Å²) in [7, 11) is 5.92. The molecule has 0 saturated heterocycles. The average Bonchev–Trinajstić information content (AvgIpc) is 2.46. The van der Waals surface area contributed by atoms with E-state index in [0.717, 1.165) is 31.9 Å². The van der Waals surface area contributed by atoms with Gasteiger partial charge in [0, 0.05) is 25.8 Å². The fourth-order valence-corrected chi connectivity index (χ4v) is 2.70. The standard InChI is InChI=1S/C15H24N2O2/c1-16-15-12-7-4-5-8-14(12)19-11-13(15)17(2)9-6-10-18-3/h4-5,7-8,13,15-16H,6,9-11H2,1-3H3. The maximum Gasteiger partial charge on any atom is 0.124 e. The summed E-state index contributed by atoms with van der Waals surface area (Å²) < 4.78 is 11.0. The van der Waals surface area contributed by atoms with Crippen LogP contribution in [0, 0.1) is 0 Å². The molecule has 0 radical (unpaired) electrons. The Hall–Kier alpha value is -1.10. The van der Waals surface area contributed by atoms with Crippen molar-refractivity contribution in [1.82, 2.24) is 10.2 Å². The third-order valence-electron chi connectivity index (χ3n) is 3.78. The van der Waals surface area contributed by atoms with Crippen LogP contribution in [0.2, 0.25) is 0 Å². The molecule has 19 heavy (non-hydrogen) atoms. The van der Waals surface area contributed by atoms with Gasteiger partial charge in [-0.2, -0.15) is 0 Å². The van der Waals surface area contributed by atoms with Gasteiger partial charge in [-0.05, 0) is 26.6 Å². The van der Waals surface area contributed by atoms with Crippen molar-refractivity contribution >= 4 is 0 Å². The van der Waals surface area contributed by atoms with Gasteiger partial charge in [-0.3, -0.25) is 4.90 Å². The van der Waals surface area contributed by atoms with E-state index in [9.17, 15) is 0 Å². The van der Waals surface area contributed by atoms with Crippen molar-refractivity contribution in [3.63, 3.8) is 0 Å². The van der Waals surface area contributed by atoms with E-state index in [1.54, 1.807) is 7.11 Å². The number of hydrogen-bond donors (Lipinski definition) is 1. The zero-order chi connectivity index (χ0) is 13.7. The summed E-state index contributed by atoms with van der Waals surface area (Å²) in [6.07, 6.45) is 1.04. The van der Waals surface area contributed by atoms with Crippen molar-refractivity contribution in [3.8, 4) is 5.75 Å². The number of likely N-dealkylation sites (N-methyl/N-ethyl adjacent to an activating group) is 2. The molecule has 1 heterocycles. The third kappa shape index (κ3) is 3.26. The number of benzene rings is 1. The van der Waals surface area contributed by atoms with E-state index in [4.69, 9.17) is 9.47 Å². The maximum absolute atomic E-state index is 5.88. The lowest BCUT2D eigenvalue weighted by atomic mass is 9.95. The molecule has 0 aromatic heterocycles. The number of methoxy groups -OCH3 is 1. The lowest BCUT2D eigenvalue weighted by molar-refractivity contribution is 0.0977. The van der Waals surface area contributed by atoms with Crippen LogP contribution < -0.4 is 10.1 Å². The van der Waals surface area contributed by atoms with Crippen LogP contribution in [0.5, 0.6) is 5.75 Å². The zero-order valence-electron chi connectivity index (χ0n) is 12.1. The minimum absolute atomic E-state index is 0.317. The Bertz CT molecular complexity index is 397. The van der Waals surface area contributed by atoms with Crippen LogP contribution in [0.25, 0.3) is 0 Å². The van der Waals surface area contributed by atoms with Crippen molar-refractivity contribution in [1.29, 1.82) is 0 Å². The molecule has 1 aromatic carbocycles. The summed E-state index contributed by atoms with van der Waals surface area (Å²) in [6.45, 7) is 2.55. The highest BCUT2D eigenvalue weighted by molar-refractivity contribution is 5.38. The van der Waals surface area contributed by atoms with Crippen LogP contribution in [-0.2, 0) is 4.74 Å². The molecular formula is C15H24N2O2. The predicted molar refractivity (Wildman–Crippen MR) is 76.6 cm³/mol. The van der Waals surface area contributed by atoms with Crippen molar-refractivity contribution in [2.75, 3.05) is 41.0 Å². The number of para-hydroxylation sites is 1. The number of nitrogens with one attached hydrogen (secondary N) is 1. The lowest BCUT2D eigenvalue weighted by Gasteiger charge is -2.38. The van der Waals surface area contributed by atoms with Crippen LogP contribution in [0.3, 0.4) is 0 Å². The summed E-state index contributed by atoms with van der Waals surface area (Å²) in [5, 5.41) is 3.43. The molecule has 1 aromatic rings. The van der Waals surface area contributed by atoms with E-state index in [1.807, 2.05) is 19.2 Å². The molecule has 0 aliphatic carbocycles. The fourth-order valence-electron chi connectivity index (χ4n) is 2.70. The SMILES string of the molecule is CNC1c2ccccc2OCC1N(C)CCCOC. The van der Waals surface area contributed by atoms with E-state index in [-0.39, 0.29) is 0 Å². The molecule has 2 atom stereocenters. The maximum atomic E-state index is 5.88. The van der Waals surface area contributed by atoms with Gasteiger partial charge < -0.3 is 14.8 Å². The van der Waals surface area contributed by atoms with Crippen molar-refractivity contribution < 1.29 is 9.47 Å². The third-order valence-corrected chi connectivity index (χ3v) is 3.78. The summed E-state index contributed by atoms with van der Waals surface area (Å²) in [4.78, 5) is 2.36. The van der Waals surface area contributed by atoms with Gasteiger partial charge in [-0.15, -0.1) is 0 Å². The second-order valence-electron chi connectivity index (χ2n) is 5.01. The Morgan fingerprint density at radius 1 is 1.42 bits per heavy atom. The summed E-state index contributed by atoms with van der Waals surface area (Å²) in [5.74, 6) is 1.00. The Kier molecular flexibility index (Phi) is 5.19. The van der Waals surface area contributed by atoms with Gasteiger partial charge in [-0.25, -0.2) is 0 Å². The molecule has 106 valence electrons. The van der Waals surface area contributed by atoms with Gasteiger partial charge in [0.2, 0.25) is 0 Å². The highest BCUT2D eigenvalue weighted by Gasteiger charge is 2.32. The number of hydrogen-bond acceptors (Lipinski definition) is 4. The van der Waals surface area contributed by atoms with Crippen LogP contribution in [0.1, 0.15) is 18.0 Å². The Labute approximate surface area is 115 Å². The normalized spacial score (nSPS) is 22.1. The molecule has 1 aliphatic heterocycles. The van der Waals surface area contributed by atoms with E-state index in [2.05, 4.69) is 29.4 Å². The Balaban J connectivity index is 2.06. The van der Waals surface area contributed by atoms with E-state index in [0.29, 0.717) is 12.1 Å². The average molecular weight is 264 g/mol. The first kappa shape index (κ1) is 14.3. The molecule has 4 heteroatoms. The monoisotopic (exact) mass is 264 g/mol. The zero-order valence-corrected chi connectivity index (χ0v) is 12.1. The number of fused-ring (bicyclic) bond motifs is 1. The molecular weight excluding hydrogens is 240 g/mol. The molecule has 1 N–H and O–H groups in total. The number of rotatable bonds is 6. The van der Waals surface area contributed by atoms with Gasteiger partial charge in [-0.1, -0.05) is 18.2 Å². The lowest BCUT2D eigenvalue weighted by Crippen LogP contribution is -2.48. The molecule has 2 unspecified atom stereocenters.